The third kappa shape index (κ3) is 6.43. The summed E-state index contributed by atoms with van der Waals surface area (Å²) in [6.07, 6.45) is 5.47. The normalized spacial score (nSPS) is 16.7. The highest BCUT2D eigenvalue weighted by Gasteiger charge is 2.30. The first-order valence-electron chi connectivity index (χ1n) is 10.9. The molecule has 2 aromatic rings. The molecule has 1 saturated heterocycles. The van der Waals surface area contributed by atoms with Gasteiger partial charge in [0.05, 0.1) is 5.75 Å². The van der Waals surface area contributed by atoms with Gasteiger partial charge in [0, 0.05) is 37.7 Å². The molecule has 31 heavy (non-hydrogen) atoms. The third-order valence-corrected chi connectivity index (χ3v) is 6.63. The Hall–Kier alpha value is -2.61. The topological polar surface area (TPSA) is 87.2 Å². The molecule has 164 valence electrons. The Kier molecular flexibility index (Phi) is 7.06. The van der Waals surface area contributed by atoms with Crippen LogP contribution in [-0.2, 0) is 16.1 Å². The minimum Gasteiger partial charge on any atom is -0.356 e. The van der Waals surface area contributed by atoms with E-state index in [9.17, 15) is 9.59 Å². The van der Waals surface area contributed by atoms with E-state index in [2.05, 4.69) is 25.5 Å². The van der Waals surface area contributed by atoms with Crippen LogP contribution < -0.4 is 15.5 Å². The Morgan fingerprint density at radius 3 is 2.55 bits per heavy atom. The number of piperidine rings is 1. The van der Waals surface area contributed by atoms with E-state index in [1.165, 1.54) is 17.3 Å². The number of aromatic nitrogens is 2. The second kappa shape index (κ2) is 10.1. The van der Waals surface area contributed by atoms with Crippen LogP contribution in [0.2, 0.25) is 0 Å². The van der Waals surface area contributed by atoms with Gasteiger partial charge in [-0.3, -0.25) is 9.59 Å². The molecule has 2 N–H and O–H groups in total. The van der Waals surface area contributed by atoms with Crippen LogP contribution in [0.4, 0.5) is 5.82 Å². The SMILES string of the molecule is Cc1ccc(CNC(=O)CSc2cc(N3CCC(C(=O)NC4CC4)CC3)ncn2)cc1. The van der Waals surface area contributed by atoms with Gasteiger partial charge in [-0.1, -0.05) is 41.6 Å². The zero-order valence-corrected chi connectivity index (χ0v) is 18.7. The quantitative estimate of drug-likeness (QED) is 0.486. The number of hydrogen-bond donors (Lipinski definition) is 2. The average Bonchev–Trinajstić information content (AvgIpc) is 3.61. The molecular weight excluding hydrogens is 410 g/mol. The van der Waals surface area contributed by atoms with E-state index in [-0.39, 0.29) is 17.7 Å². The van der Waals surface area contributed by atoms with Crippen LogP contribution in [0.15, 0.2) is 41.7 Å². The van der Waals surface area contributed by atoms with Gasteiger partial charge in [0.1, 0.15) is 17.2 Å². The second-order valence-corrected chi connectivity index (χ2v) is 9.31. The van der Waals surface area contributed by atoms with Crippen LogP contribution in [0.3, 0.4) is 0 Å². The van der Waals surface area contributed by atoms with E-state index < -0.39 is 0 Å². The number of aryl methyl sites for hydroxylation is 1. The molecule has 8 heteroatoms. The van der Waals surface area contributed by atoms with Gasteiger partial charge in [-0.2, -0.15) is 0 Å². The molecule has 1 saturated carbocycles. The highest BCUT2D eigenvalue weighted by molar-refractivity contribution is 7.99. The minimum absolute atomic E-state index is 0.0202. The van der Waals surface area contributed by atoms with Gasteiger partial charge in [-0.25, -0.2) is 9.97 Å². The first-order valence-corrected chi connectivity index (χ1v) is 11.9. The summed E-state index contributed by atoms with van der Waals surface area (Å²) in [4.78, 5) is 35.4. The molecule has 4 rings (SSSR count). The number of hydrogen-bond acceptors (Lipinski definition) is 6. The van der Waals surface area contributed by atoms with E-state index in [4.69, 9.17) is 0 Å². The molecule has 2 heterocycles. The highest BCUT2D eigenvalue weighted by Crippen LogP contribution is 2.26. The van der Waals surface area contributed by atoms with Crippen molar-refractivity contribution in [3.8, 4) is 0 Å². The van der Waals surface area contributed by atoms with Crippen molar-refractivity contribution >= 4 is 29.4 Å². The first kappa shape index (κ1) is 21.6. The summed E-state index contributed by atoms with van der Waals surface area (Å²) in [6, 6.07) is 10.5. The van der Waals surface area contributed by atoms with Crippen molar-refractivity contribution in [2.75, 3.05) is 23.7 Å². The molecule has 2 amide bonds. The maximum absolute atomic E-state index is 12.3. The summed E-state index contributed by atoms with van der Waals surface area (Å²) in [6.45, 7) is 4.18. The van der Waals surface area contributed by atoms with Crippen molar-refractivity contribution in [3.63, 3.8) is 0 Å². The zero-order chi connectivity index (χ0) is 21.6. The lowest BCUT2D eigenvalue weighted by molar-refractivity contribution is -0.125. The standard InChI is InChI=1S/C23H29N5O2S/c1-16-2-4-17(5-3-16)13-24-21(29)14-31-22-12-20(25-15-26-22)28-10-8-18(9-11-28)23(30)27-19-6-7-19/h2-5,12,15,18-19H,6-11,13-14H2,1H3,(H,24,29)(H,27,30). The number of rotatable bonds is 8. The van der Waals surface area contributed by atoms with E-state index in [1.807, 2.05) is 37.3 Å². The minimum atomic E-state index is -0.0202. The molecular formula is C23H29N5O2S. The fourth-order valence-electron chi connectivity index (χ4n) is 3.60. The van der Waals surface area contributed by atoms with Gasteiger partial charge in [0.15, 0.2) is 0 Å². The van der Waals surface area contributed by atoms with Crippen LogP contribution in [-0.4, -0.2) is 46.7 Å². The summed E-state index contributed by atoms with van der Waals surface area (Å²) < 4.78 is 0. The molecule has 0 unspecified atom stereocenters. The maximum atomic E-state index is 12.3. The molecule has 1 aromatic heterocycles. The van der Waals surface area contributed by atoms with Crippen molar-refractivity contribution < 1.29 is 9.59 Å². The smallest absolute Gasteiger partial charge is 0.230 e. The van der Waals surface area contributed by atoms with E-state index >= 15 is 0 Å². The molecule has 0 atom stereocenters. The van der Waals surface area contributed by atoms with E-state index in [1.54, 1.807) is 6.33 Å². The van der Waals surface area contributed by atoms with E-state index in [0.29, 0.717) is 18.3 Å². The Morgan fingerprint density at radius 1 is 1.10 bits per heavy atom. The van der Waals surface area contributed by atoms with Gasteiger partial charge < -0.3 is 15.5 Å². The number of carbonyl (C=O) groups is 2. The van der Waals surface area contributed by atoms with Crippen LogP contribution in [0.1, 0.15) is 36.8 Å². The molecule has 0 radical (unpaired) electrons. The lowest BCUT2D eigenvalue weighted by atomic mass is 9.96. The van der Waals surface area contributed by atoms with Crippen molar-refractivity contribution in [1.82, 2.24) is 20.6 Å². The van der Waals surface area contributed by atoms with Gasteiger partial charge in [-0.05, 0) is 38.2 Å². The molecule has 7 nitrogen and oxygen atoms in total. The van der Waals surface area contributed by atoms with Crippen LogP contribution in [0.5, 0.6) is 0 Å². The molecule has 1 aliphatic carbocycles. The first-order chi connectivity index (χ1) is 15.1. The molecule has 2 fully saturated rings. The fraction of sp³-hybridized carbons (Fsp3) is 0.478. The van der Waals surface area contributed by atoms with Crippen molar-refractivity contribution in [2.45, 2.75) is 50.2 Å². The second-order valence-electron chi connectivity index (χ2n) is 8.31. The molecule has 2 aliphatic rings. The number of thioether (sulfide) groups is 1. The predicted molar refractivity (Wildman–Crippen MR) is 122 cm³/mol. The van der Waals surface area contributed by atoms with Crippen LogP contribution in [0.25, 0.3) is 0 Å². The van der Waals surface area contributed by atoms with Crippen molar-refractivity contribution in [2.24, 2.45) is 5.92 Å². The Balaban J connectivity index is 1.22. The summed E-state index contributed by atoms with van der Waals surface area (Å²) >= 11 is 1.41. The monoisotopic (exact) mass is 439 g/mol. The average molecular weight is 440 g/mol. The number of benzene rings is 1. The fourth-order valence-corrected chi connectivity index (χ4v) is 4.29. The summed E-state index contributed by atoms with van der Waals surface area (Å²) in [5.41, 5.74) is 2.29. The number of anilines is 1. The zero-order valence-electron chi connectivity index (χ0n) is 17.8. The van der Waals surface area contributed by atoms with Gasteiger partial charge in [0.25, 0.3) is 0 Å². The van der Waals surface area contributed by atoms with Gasteiger partial charge in [-0.15, -0.1) is 0 Å². The Bertz CT molecular complexity index is 908. The van der Waals surface area contributed by atoms with E-state index in [0.717, 1.165) is 55.2 Å². The van der Waals surface area contributed by atoms with Crippen LogP contribution >= 0.6 is 11.8 Å². The summed E-state index contributed by atoms with van der Waals surface area (Å²) in [5, 5.41) is 6.84. The van der Waals surface area contributed by atoms with Gasteiger partial charge >= 0.3 is 0 Å². The third-order valence-electron chi connectivity index (χ3n) is 5.70. The maximum Gasteiger partial charge on any atom is 0.230 e. The molecule has 1 aliphatic heterocycles. The summed E-state index contributed by atoms with van der Waals surface area (Å²) in [7, 11) is 0. The summed E-state index contributed by atoms with van der Waals surface area (Å²) in [5.74, 6) is 1.46. The largest absolute Gasteiger partial charge is 0.356 e. The molecule has 0 spiro atoms. The lowest BCUT2D eigenvalue weighted by Gasteiger charge is -2.32. The Morgan fingerprint density at radius 2 is 1.84 bits per heavy atom. The number of amides is 2. The number of carbonyl (C=O) groups excluding carboxylic acids is 2. The molecule has 1 aromatic carbocycles. The highest BCUT2D eigenvalue weighted by atomic mass is 32.2. The number of nitrogens with zero attached hydrogens (tertiary/aromatic N) is 3. The van der Waals surface area contributed by atoms with Crippen LogP contribution in [0, 0.1) is 12.8 Å². The Labute approximate surface area is 187 Å². The van der Waals surface area contributed by atoms with Crippen molar-refractivity contribution in [3.05, 3.63) is 47.8 Å². The van der Waals surface area contributed by atoms with Crippen molar-refractivity contribution in [1.29, 1.82) is 0 Å². The lowest BCUT2D eigenvalue weighted by Crippen LogP contribution is -2.41. The predicted octanol–water partition coefficient (Wildman–Crippen LogP) is 2.69. The molecule has 0 bridgehead atoms. The number of nitrogens with one attached hydrogen (secondary N) is 2. The van der Waals surface area contributed by atoms with Gasteiger partial charge in [0.2, 0.25) is 11.8 Å².